The number of thioether (sulfide) groups is 1. The molecule has 0 saturated carbocycles. The van der Waals surface area contributed by atoms with Gasteiger partial charge in [-0.15, -0.1) is 11.8 Å². The zero-order chi connectivity index (χ0) is 18.0. The summed E-state index contributed by atoms with van der Waals surface area (Å²) in [5.41, 5.74) is 2.07. The topological polar surface area (TPSA) is 37.4 Å². The summed E-state index contributed by atoms with van der Waals surface area (Å²) >= 11 is 1.61. The Labute approximate surface area is 154 Å². The van der Waals surface area contributed by atoms with Crippen molar-refractivity contribution in [3.05, 3.63) is 77.2 Å². The molecule has 1 aliphatic rings. The van der Waals surface area contributed by atoms with Crippen molar-refractivity contribution in [2.75, 3.05) is 12.8 Å². The average molecular weight is 374 g/mol. The second kappa shape index (κ2) is 7.36. The quantitative estimate of drug-likeness (QED) is 0.767. The first-order valence-electron chi connectivity index (χ1n) is 8.31. The Morgan fingerprint density at radius 1 is 1.12 bits per heavy atom. The highest BCUT2D eigenvalue weighted by molar-refractivity contribution is 8.02. The van der Waals surface area contributed by atoms with Crippen molar-refractivity contribution in [2.24, 2.45) is 5.92 Å². The molecule has 0 unspecified atom stereocenters. The van der Waals surface area contributed by atoms with Gasteiger partial charge in [-0.05, 0) is 42.2 Å². The van der Waals surface area contributed by atoms with E-state index in [1.54, 1.807) is 28.2 Å². The molecule has 0 aliphatic carbocycles. The van der Waals surface area contributed by atoms with Gasteiger partial charge in [-0.2, -0.15) is 4.31 Å². The van der Waals surface area contributed by atoms with Crippen LogP contribution in [-0.2, 0) is 10.0 Å². The summed E-state index contributed by atoms with van der Waals surface area (Å²) in [5.74, 6) is 0.123. The zero-order valence-corrected chi connectivity index (χ0v) is 16.2. The molecule has 1 saturated heterocycles. The average Bonchev–Trinajstić information content (AvgIpc) is 3.08. The first-order valence-corrected chi connectivity index (χ1v) is 11.0. The van der Waals surface area contributed by atoms with E-state index in [0.717, 1.165) is 22.5 Å². The lowest BCUT2D eigenvalue weighted by Crippen LogP contribution is -2.32. The van der Waals surface area contributed by atoms with Crippen molar-refractivity contribution < 1.29 is 8.42 Å². The fourth-order valence-electron chi connectivity index (χ4n) is 3.42. The Morgan fingerprint density at radius 2 is 1.76 bits per heavy atom. The number of hydrogen-bond acceptors (Lipinski definition) is 3. The molecule has 3 rings (SSSR count). The van der Waals surface area contributed by atoms with Gasteiger partial charge in [0.25, 0.3) is 0 Å². The fraction of sp³-hybridized carbons (Fsp3) is 0.300. The van der Waals surface area contributed by atoms with Gasteiger partial charge >= 0.3 is 0 Å². The summed E-state index contributed by atoms with van der Waals surface area (Å²) in [5, 5.41) is 0. The van der Waals surface area contributed by atoms with Crippen LogP contribution in [0.15, 0.2) is 71.0 Å². The molecule has 1 fully saturated rings. The number of sulfonamides is 1. The van der Waals surface area contributed by atoms with Gasteiger partial charge in [0.1, 0.15) is 0 Å². The third-order valence-corrected chi connectivity index (χ3v) is 7.52. The van der Waals surface area contributed by atoms with Crippen LogP contribution in [-0.4, -0.2) is 25.5 Å². The number of hydrogen-bond donors (Lipinski definition) is 0. The van der Waals surface area contributed by atoms with Crippen molar-refractivity contribution in [3.63, 3.8) is 0 Å². The summed E-state index contributed by atoms with van der Waals surface area (Å²) in [6, 6.07) is 16.8. The molecule has 0 aromatic heterocycles. The third-order valence-electron chi connectivity index (χ3n) is 4.80. The van der Waals surface area contributed by atoms with Crippen molar-refractivity contribution in [2.45, 2.75) is 24.3 Å². The van der Waals surface area contributed by atoms with Crippen molar-refractivity contribution in [1.29, 1.82) is 0 Å². The summed E-state index contributed by atoms with van der Waals surface area (Å²) in [6.07, 6.45) is 2.80. The molecular weight excluding hydrogens is 350 g/mol. The molecule has 0 amide bonds. The van der Waals surface area contributed by atoms with Crippen molar-refractivity contribution in [1.82, 2.24) is 4.31 Å². The first-order chi connectivity index (χ1) is 11.9. The standard InChI is InChI=1S/C20H23NO2S2/c1-15-9-11-18(12-10-15)25(22,23)21-14-13-19(16(2)24-3)20(21)17-7-5-4-6-8-17/h4-12,19-20H,2,13-14H2,1,3H3/t19-,20+/m0/s1. The second-order valence-corrected chi connectivity index (χ2v) is 9.17. The predicted octanol–water partition coefficient (Wildman–Crippen LogP) is 4.62. The molecule has 2 aromatic rings. The number of aryl methyl sites for hydroxylation is 1. The lowest BCUT2D eigenvalue weighted by molar-refractivity contribution is 0.370. The maximum absolute atomic E-state index is 13.3. The van der Waals surface area contributed by atoms with E-state index in [0.29, 0.717) is 11.4 Å². The van der Waals surface area contributed by atoms with Crippen LogP contribution in [0.5, 0.6) is 0 Å². The minimum atomic E-state index is -3.54. The van der Waals surface area contributed by atoms with Crippen LogP contribution >= 0.6 is 11.8 Å². The highest BCUT2D eigenvalue weighted by Crippen LogP contribution is 2.45. The van der Waals surface area contributed by atoms with Gasteiger partial charge in [-0.1, -0.05) is 54.6 Å². The third kappa shape index (κ3) is 3.54. The van der Waals surface area contributed by atoms with Gasteiger partial charge in [-0.25, -0.2) is 8.42 Å². The van der Waals surface area contributed by atoms with Crippen LogP contribution in [0.4, 0.5) is 0 Å². The lowest BCUT2D eigenvalue weighted by Gasteiger charge is -2.28. The van der Waals surface area contributed by atoms with E-state index in [9.17, 15) is 8.42 Å². The molecule has 2 aromatic carbocycles. The Hall–Kier alpha value is -1.56. The van der Waals surface area contributed by atoms with E-state index in [-0.39, 0.29) is 12.0 Å². The molecule has 5 heteroatoms. The molecule has 1 heterocycles. The van der Waals surface area contributed by atoms with E-state index in [1.165, 1.54) is 0 Å². The second-order valence-electron chi connectivity index (χ2n) is 6.35. The first kappa shape index (κ1) is 18.2. The van der Waals surface area contributed by atoms with Crippen LogP contribution < -0.4 is 0 Å². The SMILES string of the molecule is C=C(SC)[C@@H]1CCN(S(=O)(=O)c2ccc(C)cc2)[C@@H]1c1ccccc1. The Kier molecular flexibility index (Phi) is 5.37. The molecule has 25 heavy (non-hydrogen) atoms. The van der Waals surface area contributed by atoms with E-state index in [4.69, 9.17) is 0 Å². The van der Waals surface area contributed by atoms with Gasteiger partial charge in [0, 0.05) is 12.5 Å². The van der Waals surface area contributed by atoms with E-state index < -0.39 is 10.0 Å². The molecule has 0 radical (unpaired) electrons. The summed E-state index contributed by atoms with van der Waals surface area (Å²) in [6.45, 7) is 6.64. The number of nitrogens with zero attached hydrogens (tertiary/aromatic N) is 1. The predicted molar refractivity (Wildman–Crippen MR) is 105 cm³/mol. The smallest absolute Gasteiger partial charge is 0.207 e. The maximum Gasteiger partial charge on any atom is 0.243 e. The minimum Gasteiger partial charge on any atom is -0.207 e. The molecule has 1 aliphatic heterocycles. The van der Waals surface area contributed by atoms with Gasteiger partial charge in [-0.3, -0.25) is 0 Å². The zero-order valence-electron chi connectivity index (χ0n) is 14.6. The van der Waals surface area contributed by atoms with E-state index in [2.05, 4.69) is 6.58 Å². The molecule has 3 nitrogen and oxygen atoms in total. The monoisotopic (exact) mass is 373 g/mol. The van der Waals surface area contributed by atoms with E-state index >= 15 is 0 Å². The minimum absolute atomic E-state index is 0.123. The largest absolute Gasteiger partial charge is 0.243 e. The van der Waals surface area contributed by atoms with Gasteiger partial charge in [0.15, 0.2) is 0 Å². The van der Waals surface area contributed by atoms with Crippen LogP contribution in [0.1, 0.15) is 23.6 Å². The van der Waals surface area contributed by atoms with Crippen LogP contribution in [0.2, 0.25) is 0 Å². The van der Waals surface area contributed by atoms with Gasteiger partial charge < -0.3 is 0 Å². The normalized spacial score (nSPS) is 21.4. The van der Waals surface area contributed by atoms with Crippen molar-refractivity contribution >= 4 is 21.8 Å². The maximum atomic E-state index is 13.3. The van der Waals surface area contributed by atoms with Crippen molar-refractivity contribution in [3.8, 4) is 0 Å². The molecular formula is C20H23NO2S2. The molecule has 2 atom stereocenters. The Balaban J connectivity index is 2.04. The van der Waals surface area contributed by atoms with Crippen LogP contribution in [0, 0.1) is 12.8 Å². The molecule has 0 spiro atoms. The van der Waals surface area contributed by atoms with Gasteiger partial charge in [0.2, 0.25) is 10.0 Å². The highest BCUT2D eigenvalue weighted by atomic mass is 32.2. The highest BCUT2D eigenvalue weighted by Gasteiger charge is 2.43. The number of rotatable bonds is 5. The van der Waals surface area contributed by atoms with E-state index in [1.807, 2.05) is 55.6 Å². The molecule has 0 bridgehead atoms. The Bertz CT molecular complexity index is 845. The molecule has 0 N–H and O–H groups in total. The summed E-state index contributed by atoms with van der Waals surface area (Å²) in [7, 11) is -3.54. The van der Waals surface area contributed by atoms with Crippen LogP contribution in [0.3, 0.4) is 0 Å². The van der Waals surface area contributed by atoms with Crippen LogP contribution in [0.25, 0.3) is 0 Å². The summed E-state index contributed by atoms with van der Waals surface area (Å²) < 4.78 is 28.2. The fourth-order valence-corrected chi connectivity index (χ4v) is 5.63. The number of benzene rings is 2. The summed E-state index contributed by atoms with van der Waals surface area (Å²) in [4.78, 5) is 1.39. The Morgan fingerprint density at radius 3 is 2.36 bits per heavy atom. The lowest BCUT2D eigenvalue weighted by atomic mass is 9.94. The molecule has 132 valence electrons. The van der Waals surface area contributed by atoms with Gasteiger partial charge in [0.05, 0.1) is 10.9 Å².